The summed E-state index contributed by atoms with van der Waals surface area (Å²) in [5, 5.41) is 0. The Morgan fingerprint density at radius 1 is 0.469 bits per heavy atom. The third-order valence-corrected chi connectivity index (χ3v) is 13.0. The van der Waals surface area contributed by atoms with Gasteiger partial charge in [-0.15, -0.1) is 0 Å². The molecule has 1 nitrogen and oxygen atoms in total. The second-order valence-corrected chi connectivity index (χ2v) is 15.8. The summed E-state index contributed by atoms with van der Waals surface area (Å²) in [5.41, 5.74) is 18.1. The van der Waals surface area contributed by atoms with Crippen LogP contribution in [0.4, 0.5) is 0 Å². The second-order valence-electron chi connectivity index (χ2n) is 15.8. The summed E-state index contributed by atoms with van der Waals surface area (Å²) in [6, 6.07) is 44.7. The zero-order valence-corrected chi connectivity index (χ0v) is 28.9. The Hall–Kier alpha value is -5.01. The molecule has 4 aliphatic rings. The van der Waals surface area contributed by atoms with Gasteiger partial charge in [0.25, 0.3) is 0 Å². The van der Waals surface area contributed by atoms with E-state index in [1.165, 1.54) is 61.2 Å². The topological polar surface area (TPSA) is 17.1 Å². The molecule has 0 radical (unpaired) electrons. The summed E-state index contributed by atoms with van der Waals surface area (Å²) in [6.45, 7) is 11.8. The van der Waals surface area contributed by atoms with Crippen LogP contribution in [0, 0.1) is 5.92 Å². The Kier molecular flexibility index (Phi) is 5.66. The Balaban J connectivity index is 1.28. The predicted octanol–water partition coefficient (Wildman–Crippen LogP) is 11.9. The van der Waals surface area contributed by atoms with Crippen molar-refractivity contribution in [1.29, 1.82) is 0 Å². The fourth-order valence-corrected chi connectivity index (χ4v) is 10.5. The first-order valence-corrected chi connectivity index (χ1v) is 18.0. The van der Waals surface area contributed by atoms with Gasteiger partial charge < -0.3 is 0 Å². The van der Waals surface area contributed by atoms with Crippen molar-refractivity contribution in [3.8, 4) is 44.5 Å². The molecule has 0 aromatic heterocycles. The van der Waals surface area contributed by atoms with Crippen LogP contribution in [0.5, 0.6) is 0 Å². The van der Waals surface area contributed by atoms with Crippen molar-refractivity contribution in [3.63, 3.8) is 0 Å². The number of carbonyl (C=O) groups excluding carboxylic acids is 1. The lowest BCUT2D eigenvalue weighted by Gasteiger charge is -2.38. The molecule has 49 heavy (non-hydrogen) atoms. The largest absolute Gasteiger partial charge is 0.292 e. The SMILES string of the molecule is CC[C@@H](C)C[C@]1(C)c2ccccc2-c2cc3c(cc21)-c1ccccc1[C@]1(C3=O)c2ccccc2-c2cc3c(cc21)-c1ccccc1C3(C)C. The standard InChI is InChI=1S/C48H40O/c1-6-28(2)27-47(5)39-20-12-8-17-31(39)34-23-37-33(24-43(34)47)29-15-9-13-21-40(29)48(45(37)49)41-22-14-10-18-32(41)36-25-42-35(26-44(36)48)30-16-7-11-19-38(30)46(42,3)4/h7-26,28H,6,27H2,1-5H3/t28-,47-,48+/m1/s1. The van der Waals surface area contributed by atoms with Crippen molar-refractivity contribution < 1.29 is 4.79 Å². The van der Waals surface area contributed by atoms with Gasteiger partial charge in [-0.25, -0.2) is 0 Å². The molecule has 3 atom stereocenters. The Labute approximate surface area is 289 Å². The highest BCUT2D eigenvalue weighted by molar-refractivity contribution is 6.20. The van der Waals surface area contributed by atoms with Gasteiger partial charge in [0.15, 0.2) is 5.78 Å². The first-order valence-electron chi connectivity index (χ1n) is 18.0. The van der Waals surface area contributed by atoms with Gasteiger partial charge in [0.05, 0.1) is 0 Å². The minimum absolute atomic E-state index is 0.114. The first kappa shape index (κ1) is 29.0. The van der Waals surface area contributed by atoms with Crippen molar-refractivity contribution in [1.82, 2.24) is 0 Å². The number of hydrogen-bond acceptors (Lipinski definition) is 1. The number of carbonyl (C=O) groups is 1. The summed E-state index contributed by atoms with van der Waals surface area (Å²) < 4.78 is 0. The molecule has 0 N–H and O–H groups in total. The minimum atomic E-state index is -0.932. The number of fused-ring (bicyclic) bond motifs is 15. The van der Waals surface area contributed by atoms with Gasteiger partial charge in [0, 0.05) is 16.4 Å². The van der Waals surface area contributed by atoms with Crippen molar-refractivity contribution in [3.05, 3.63) is 166 Å². The quantitative estimate of drug-likeness (QED) is 0.190. The van der Waals surface area contributed by atoms with E-state index in [2.05, 4.69) is 156 Å². The normalized spacial score (nSPS) is 21.6. The molecule has 6 aromatic rings. The summed E-state index contributed by atoms with van der Waals surface area (Å²) >= 11 is 0. The van der Waals surface area contributed by atoms with E-state index in [9.17, 15) is 0 Å². The summed E-state index contributed by atoms with van der Waals surface area (Å²) in [6.07, 6.45) is 2.22. The molecule has 1 heteroatoms. The average Bonchev–Trinajstić information content (AvgIpc) is 3.64. The van der Waals surface area contributed by atoms with Crippen LogP contribution >= 0.6 is 0 Å². The zero-order valence-electron chi connectivity index (χ0n) is 28.9. The van der Waals surface area contributed by atoms with Crippen LogP contribution in [0.15, 0.2) is 121 Å². The molecular weight excluding hydrogens is 593 g/mol. The van der Waals surface area contributed by atoms with E-state index >= 15 is 4.79 Å². The minimum Gasteiger partial charge on any atom is -0.292 e. The van der Waals surface area contributed by atoms with E-state index in [1.54, 1.807) is 0 Å². The molecule has 0 heterocycles. The molecule has 1 spiro atoms. The molecular formula is C48H40O. The second kappa shape index (κ2) is 9.57. The van der Waals surface area contributed by atoms with Crippen molar-refractivity contribution in [2.75, 3.05) is 0 Å². The van der Waals surface area contributed by atoms with Crippen LogP contribution in [-0.2, 0) is 16.2 Å². The lowest BCUT2D eigenvalue weighted by atomic mass is 9.61. The molecule has 0 saturated heterocycles. The lowest BCUT2D eigenvalue weighted by Crippen LogP contribution is -2.40. The average molecular weight is 633 g/mol. The Morgan fingerprint density at radius 3 is 1.55 bits per heavy atom. The van der Waals surface area contributed by atoms with Crippen molar-refractivity contribution in [2.24, 2.45) is 5.92 Å². The van der Waals surface area contributed by atoms with Gasteiger partial charge in [-0.3, -0.25) is 4.79 Å². The monoisotopic (exact) mass is 632 g/mol. The van der Waals surface area contributed by atoms with Crippen molar-refractivity contribution in [2.45, 2.75) is 63.7 Å². The summed E-state index contributed by atoms with van der Waals surface area (Å²) in [4.78, 5) is 15.9. The fraction of sp³-hybridized carbons (Fsp3) is 0.229. The maximum absolute atomic E-state index is 15.9. The molecule has 0 bridgehead atoms. The zero-order chi connectivity index (χ0) is 33.4. The third kappa shape index (κ3) is 3.39. The van der Waals surface area contributed by atoms with Crippen LogP contribution in [-0.4, -0.2) is 5.78 Å². The molecule has 238 valence electrons. The van der Waals surface area contributed by atoms with Gasteiger partial charge in [-0.05, 0) is 120 Å². The smallest absolute Gasteiger partial charge is 0.182 e. The molecule has 0 aliphatic heterocycles. The molecule has 0 unspecified atom stereocenters. The van der Waals surface area contributed by atoms with Gasteiger partial charge in [-0.1, -0.05) is 138 Å². The predicted molar refractivity (Wildman–Crippen MR) is 201 cm³/mol. The van der Waals surface area contributed by atoms with E-state index in [0.717, 1.165) is 40.7 Å². The van der Waals surface area contributed by atoms with E-state index in [0.29, 0.717) is 5.92 Å². The maximum Gasteiger partial charge on any atom is 0.182 e. The van der Waals surface area contributed by atoms with E-state index in [-0.39, 0.29) is 16.6 Å². The highest BCUT2D eigenvalue weighted by Gasteiger charge is 2.56. The maximum atomic E-state index is 15.9. The van der Waals surface area contributed by atoms with Crippen LogP contribution in [0.1, 0.15) is 96.8 Å². The molecule has 6 aromatic carbocycles. The fourth-order valence-electron chi connectivity index (χ4n) is 10.5. The van der Waals surface area contributed by atoms with Gasteiger partial charge in [0.2, 0.25) is 0 Å². The molecule has 0 amide bonds. The number of ketones is 1. The van der Waals surface area contributed by atoms with E-state index in [4.69, 9.17) is 0 Å². The summed E-state index contributed by atoms with van der Waals surface area (Å²) in [7, 11) is 0. The van der Waals surface area contributed by atoms with E-state index < -0.39 is 5.41 Å². The van der Waals surface area contributed by atoms with Gasteiger partial charge in [0.1, 0.15) is 5.41 Å². The van der Waals surface area contributed by atoms with Crippen molar-refractivity contribution >= 4 is 5.78 Å². The third-order valence-electron chi connectivity index (χ3n) is 13.0. The van der Waals surface area contributed by atoms with Gasteiger partial charge >= 0.3 is 0 Å². The van der Waals surface area contributed by atoms with Crippen LogP contribution in [0.3, 0.4) is 0 Å². The number of Topliss-reactive ketones (excluding diaryl/α,β-unsaturated/α-hetero) is 1. The van der Waals surface area contributed by atoms with Crippen LogP contribution < -0.4 is 0 Å². The molecule has 4 aliphatic carbocycles. The van der Waals surface area contributed by atoms with Gasteiger partial charge in [-0.2, -0.15) is 0 Å². The van der Waals surface area contributed by atoms with Crippen LogP contribution in [0.25, 0.3) is 44.5 Å². The highest BCUT2D eigenvalue weighted by Crippen LogP contribution is 2.63. The highest BCUT2D eigenvalue weighted by atomic mass is 16.1. The molecule has 0 fully saturated rings. The Morgan fingerprint density at radius 2 is 0.918 bits per heavy atom. The number of benzene rings is 6. The molecule has 10 rings (SSSR count). The Bertz CT molecular complexity index is 2440. The number of hydrogen-bond donors (Lipinski definition) is 0. The van der Waals surface area contributed by atoms with Crippen LogP contribution in [0.2, 0.25) is 0 Å². The first-order chi connectivity index (χ1) is 23.7. The lowest BCUT2D eigenvalue weighted by molar-refractivity contribution is 0.0935. The van der Waals surface area contributed by atoms with E-state index in [1.807, 2.05) is 0 Å². The number of rotatable bonds is 3. The summed E-state index contributed by atoms with van der Waals surface area (Å²) in [5.74, 6) is 0.772. The molecule has 0 saturated carbocycles.